The standard InChI is InChI=1S/C61H110N2O7/c1-7-12-16-20-24-28-33-49(34-29-25-21-17-13-8-2)38-40-55(65)67-45-51-52(46-68-56(66)41-39-50(35-30-26-22-18-14-9-3)36-31-27-23-19-15-10-4)61-48-63(54(64)37-32-44-62(6)11-5)47-60-43-42-53(69-60)57(59(60)61)58(51)70-61/h49-53,57-59H,7-48H2,1-6H3. The Balaban J connectivity index is 1.25. The molecule has 8 unspecified atom stereocenters. The van der Waals surface area contributed by atoms with E-state index in [-0.39, 0.29) is 66.9 Å². The van der Waals surface area contributed by atoms with E-state index in [0.717, 1.165) is 45.2 Å². The van der Waals surface area contributed by atoms with E-state index in [2.05, 4.69) is 51.5 Å². The van der Waals surface area contributed by atoms with Gasteiger partial charge in [0.2, 0.25) is 5.91 Å². The first-order valence-corrected chi connectivity index (χ1v) is 30.8. The van der Waals surface area contributed by atoms with Crippen LogP contribution in [0.4, 0.5) is 0 Å². The number of hydrogen-bond acceptors (Lipinski definition) is 8. The van der Waals surface area contributed by atoms with Crippen molar-refractivity contribution in [2.45, 2.75) is 289 Å². The molecule has 0 N–H and O–H groups in total. The third-order valence-corrected chi connectivity index (χ3v) is 18.4. The first-order valence-electron chi connectivity index (χ1n) is 30.8. The maximum Gasteiger partial charge on any atom is 0.305 e. The van der Waals surface area contributed by atoms with Gasteiger partial charge in [0.15, 0.2) is 0 Å². The Morgan fingerprint density at radius 2 is 1.04 bits per heavy atom. The van der Waals surface area contributed by atoms with E-state index in [1.807, 2.05) is 0 Å². The summed E-state index contributed by atoms with van der Waals surface area (Å²) in [6, 6.07) is 0. The van der Waals surface area contributed by atoms with Gasteiger partial charge in [-0.05, 0) is 64.1 Å². The van der Waals surface area contributed by atoms with Gasteiger partial charge in [0, 0.05) is 42.9 Å². The molecule has 5 aliphatic rings. The van der Waals surface area contributed by atoms with Crippen LogP contribution in [0.5, 0.6) is 0 Å². The topological polar surface area (TPSA) is 94.6 Å². The first kappa shape index (κ1) is 59.2. The van der Waals surface area contributed by atoms with Crippen molar-refractivity contribution in [3.63, 3.8) is 0 Å². The van der Waals surface area contributed by atoms with Gasteiger partial charge in [0.1, 0.15) is 0 Å². The smallest absolute Gasteiger partial charge is 0.305 e. The molecule has 0 aromatic rings. The highest BCUT2D eigenvalue weighted by atomic mass is 16.6. The Morgan fingerprint density at radius 1 is 0.571 bits per heavy atom. The molecule has 0 saturated carbocycles. The molecule has 406 valence electrons. The van der Waals surface area contributed by atoms with Crippen LogP contribution in [0.25, 0.3) is 0 Å². The lowest BCUT2D eigenvalue weighted by Crippen LogP contribution is -2.69. The molecular weight excluding hydrogens is 873 g/mol. The lowest BCUT2D eigenvalue weighted by Gasteiger charge is -2.55. The summed E-state index contributed by atoms with van der Waals surface area (Å²) in [6.07, 6.45) is 41.8. The molecule has 1 amide bonds. The molecule has 0 aromatic carbocycles. The number of rotatable bonds is 43. The number of ether oxygens (including phenoxy) is 4. The number of carbonyl (C=O) groups excluding carboxylic acids is 3. The van der Waals surface area contributed by atoms with E-state index in [1.165, 1.54) is 180 Å². The molecular formula is C61H110N2O7. The summed E-state index contributed by atoms with van der Waals surface area (Å²) < 4.78 is 27.2. The molecule has 8 atom stereocenters. The summed E-state index contributed by atoms with van der Waals surface area (Å²) in [5, 5.41) is 0. The number of likely N-dealkylation sites (tertiary alicyclic amines) is 1. The minimum absolute atomic E-state index is 0.0896. The van der Waals surface area contributed by atoms with E-state index in [4.69, 9.17) is 18.9 Å². The van der Waals surface area contributed by atoms with E-state index in [0.29, 0.717) is 44.2 Å². The SMILES string of the molecule is CCCCCCCCC(CCCCCCCC)CCC(=O)OCC1C2OC3(CN(C(=O)CCCN(C)CC)CC45CCC(O4)C2C53)C1COC(=O)CCC(CCCCCCCC)CCCCCCCC. The molecule has 70 heavy (non-hydrogen) atoms. The van der Waals surface area contributed by atoms with Crippen LogP contribution in [0.3, 0.4) is 0 Å². The Hall–Kier alpha value is -1.71. The summed E-state index contributed by atoms with van der Waals surface area (Å²) in [5.41, 5.74) is -1.11. The second-order valence-corrected chi connectivity index (χ2v) is 23.8. The van der Waals surface area contributed by atoms with Crippen LogP contribution in [0.15, 0.2) is 0 Å². The van der Waals surface area contributed by atoms with Crippen LogP contribution in [-0.2, 0) is 33.3 Å². The second-order valence-electron chi connectivity index (χ2n) is 23.8. The number of nitrogens with zero attached hydrogens (tertiary/aromatic N) is 2. The quantitative estimate of drug-likeness (QED) is 0.0440. The van der Waals surface area contributed by atoms with Crippen molar-refractivity contribution < 1.29 is 33.3 Å². The van der Waals surface area contributed by atoms with Gasteiger partial charge in [-0.2, -0.15) is 0 Å². The molecule has 5 aliphatic heterocycles. The highest BCUT2D eigenvalue weighted by molar-refractivity contribution is 5.77. The van der Waals surface area contributed by atoms with Gasteiger partial charge < -0.3 is 28.7 Å². The van der Waals surface area contributed by atoms with Gasteiger partial charge in [0.25, 0.3) is 0 Å². The zero-order chi connectivity index (χ0) is 50.0. The van der Waals surface area contributed by atoms with Crippen molar-refractivity contribution in [3.05, 3.63) is 0 Å². The van der Waals surface area contributed by atoms with Crippen molar-refractivity contribution in [2.24, 2.45) is 35.5 Å². The summed E-state index contributed by atoms with van der Waals surface area (Å²) >= 11 is 0. The Bertz CT molecular complexity index is 1430. The number of hydrogen-bond donors (Lipinski definition) is 0. The molecule has 5 saturated heterocycles. The van der Waals surface area contributed by atoms with Gasteiger partial charge >= 0.3 is 11.9 Å². The number of fused-ring (bicyclic) bond motifs is 4. The molecule has 5 fully saturated rings. The fourth-order valence-electron chi connectivity index (χ4n) is 14.2. The summed E-state index contributed by atoms with van der Waals surface area (Å²) in [7, 11) is 2.11. The second kappa shape index (κ2) is 32.6. The van der Waals surface area contributed by atoms with Crippen LogP contribution in [-0.4, -0.2) is 97.5 Å². The molecule has 5 rings (SSSR count). The minimum Gasteiger partial charge on any atom is -0.465 e. The maximum absolute atomic E-state index is 14.2. The van der Waals surface area contributed by atoms with Crippen molar-refractivity contribution in [2.75, 3.05) is 46.4 Å². The van der Waals surface area contributed by atoms with Crippen LogP contribution in [0.2, 0.25) is 0 Å². The summed E-state index contributed by atoms with van der Waals surface area (Å²) in [4.78, 5) is 46.3. The normalized spacial score (nSPS) is 26.3. The molecule has 0 radical (unpaired) electrons. The fourth-order valence-corrected chi connectivity index (χ4v) is 14.2. The van der Waals surface area contributed by atoms with Crippen molar-refractivity contribution in [1.82, 2.24) is 9.80 Å². The minimum atomic E-state index is -0.687. The number of unbranched alkanes of at least 4 members (excludes halogenated alkanes) is 20. The van der Waals surface area contributed by atoms with Gasteiger partial charge in [-0.3, -0.25) is 14.4 Å². The van der Waals surface area contributed by atoms with Crippen LogP contribution in [0.1, 0.15) is 266 Å². The molecule has 9 nitrogen and oxygen atoms in total. The maximum atomic E-state index is 14.2. The third-order valence-electron chi connectivity index (χ3n) is 18.4. The third kappa shape index (κ3) is 17.7. The monoisotopic (exact) mass is 983 g/mol. The predicted octanol–water partition coefficient (Wildman–Crippen LogP) is 15.0. The van der Waals surface area contributed by atoms with Crippen LogP contribution < -0.4 is 0 Å². The molecule has 2 spiro atoms. The van der Waals surface area contributed by atoms with E-state index < -0.39 is 11.2 Å². The van der Waals surface area contributed by atoms with Crippen LogP contribution in [0, 0.1) is 35.5 Å². The molecule has 5 heterocycles. The largest absolute Gasteiger partial charge is 0.465 e. The fraction of sp³-hybridized carbons (Fsp3) is 0.951. The number of carbonyl (C=O) groups is 3. The van der Waals surface area contributed by atoms with Gasteiger partial charge in [-0.15, -0.1) is 0 Å². The lowest BCUT2D eigenvalue weighted by molar-refractivity contribution is -0.182. The highest BCUT2D eigenvalue weighted by Gasteiger charge is 2.81. The number of esters is 2. The van der Waals surface area contributed by atoms with Crippen LogP contribution >= 0.6 is 0 Å². The zero-order valence-electron chi connectivity index (χ0n) is 46.6. The Morgan fingerprint density at radius 3 is 1.53 bits per heavy atom. The molecule has 9 heteroatoms. The van der Waals surface area contributed by atoms with Crippen molar-refractivity contribution >= 4 is 17.8 Å². The highest BCUT2D eigenvalue weighted by Crippen LogP contribution is 2.70. The Kier molecular flexibility index (Phi) is 27.5. The van der Waals surface area contributed by atoms with Gasteiger partial charge in [-0.25, -0.2) is 0 Å². The number of amides is 1. The first-order chi connectivity index (χ1) is 34.1. The van der Waals surface area contributed by atoms with E-state index in [1.54, 1.807) is 0 Å². The predicted molar refractivity (Wildman–Crippen MR) is 287 cm³/mol. The van der Waals surface area contributed by atoms with Gasteiger partial charge in [0.05, 0.1) is 49.7 Å². The van der Waals surface area contributed by atoms with E-state index in [9.17, 15) is 14.4 Å². The van der Waals surface area contributed by atoms with Crippen molar-refractivity contribution in [1.29, 1.82) is 0 Å². The summed E-state index contributed by atoms with van der Waals surface area (Å²) in [5.74, 6) is 1.14. The summed E-state index contributed by atoms with van der Waals surface area (Å²) in [6.45, 7) is 14.7. The molecule has 4 bridgehead atoms. The molecule has 0 aliphatic carbocycles. The number of piperidine rings is 1. The lowest BCUT2D eigenvalue weighted by atomic mass is 9.53. The Labute approximate surface area is 430 Å². The average Bonchev–Trinajstić information content (AvgIpc) is 4.11. The zero-order valence-corrected chi connectivity index (χ0v) is 46.6. The van der Waals surface area contributed by atoms with Gasteiger partial charge in [-0.1, -0.05) is 214 Å². The van der Waals surface area contributed by atoms with Crippen molar-refractivity contribution in [3.8, 4) is 0 Å². The van der Waals surface area contributed by atoms with E-state index >= 15 is 0 Å². The molecule has 0 aromatic heterocycles. The average molecular weight is 984 g/mol.